The Morgan fingerprint density at radius 1 is 1.47 bits per heavy atom. The van der Waals surface area contributed by atoms with E-state index in [9.17, 15) is 4.79 Å². The summed E-state index contributed by atoms with van der Waals surface area (Å²) in [6.45, 7) is 2.23. The molecule has 2 bridgehead atoms. The number of esters is 1. The lowest BCUT2D eigenvalue weighted by Crippen LogP contribution is -2.35. The molecule has 1 saturated heterocycles. The van der Waals surface area contributed by atoms with E-state index in [1.165, 1.54) is 7.11 Å². The molecule has 0 unspecified atom stereocenters. The van der Waals surface area contributed by atoms with Gasteiger partial charge in [-0.25, -0.2) is 4.79 Å². The maximum atomic E-state index is 11.6. The molecule has 4 heterocycles. The van der Waals surface area contributed by atoms with Gasteiger partial charge in [0.2, 0.25) is 0 Å². The summed E-state index contributed by atoms with van der Waals surface area (Å²) < 4.78 is 10.3. The lowest BCUT2D eigenvalue weighted by atomic mass is 9.84. The Bertz CT molecular complexity index is 467. The van der Waals surface area contributed by atoms with Crippen LogP contribution in [0.5, 0.6) is 0 Å². The van der Waals surface area contributed by atoms with Crippen LogP contribution in [0.4, 0.5) is 0 Å². The number of piperidine rings is 1. The van der Waals surface area contributed by atoms with Gasteiger partial charge in [-0.1, -0.05) is 0 Å². The van der Waals surface area contributed by atoms with Crippen LogP contribution in [0.15, 0.2) is 22.9 Å². The Labute approximate surface area is 99.8 Å². The molecule has 0 radical (unpaired) electrons. The van der Waals surface area contributed by atoms with Crippen molar-refractivity contribution in [2.45, 2.75) is 12.8 Å². The van der Waals surface area contributed by atoms with Gasteiger partial charge >= 0.3 is 5.97 Å². The third kappa shape index (κ3) is 1.64. The Balaban J connectivity index is 2.00. The van der Waals surface area contributed by atoms with Gasteiger partial charge in [0.15, 0.2) is 0 Å². The van der Waals surface area contributed by atoms with E-state index in [0.29, 0.717) is 17.2 Å². The molecule has 0 saturated carbocycles. The number of allylic oxidation sites excluding steroid dienone is 1. The molecular weight excluding hydrogens is 218 g/mol. The summed E-state index contributed by atoms with van der Waals surface area (Å²) in [5.74, 6) is 0.881. The van der Waals surface area contributed by atoms with E-state index in [2.05, 4.69) is 11.1 Å². The van der Waals surface area contributed by atoms with Crippen molar-refractivity contribution in [3.63, 3.8) is 0 Å². The van der Waals surface area contributed by atoms with Crippen LogP contribution >= 0.6 is 0 Å². The monoisotopic (exact) mass is 233 g/mol. The Hall–Kier alpha value is -1.71. The standard InChI is InChI=1S/C13H15NO3/c1-16-13(15)10-4-7-17-12(10)11-8-14-5-2-9(11)3-6-14/h4,7-9H,2-3,5-6H2,1H3. The highest BCUT2D eigenvalue weighted by molar-refractivity contribution is 5.94. The van der Waals surface area contributed by atoms with Crippen molar-refractivity contribution >= 4 is 11.5 Å². The number of hydrogen-bond donors (Lipinski definition) is 0. The molecule has 0 aliphatic carbocycles. The number of rotatable bonds is 2. The topological polar surface area (TPSA) is 42.7 Å². The summed E-state index contributed by atoms with van der Waals surface area (Å²) in [6, 6.07) is 1.68. The average molecular weight is 233 g/mol. The van der Waals surface area contributed by atoms with Crippen LogP contribution < -0.4 is 0 Å². The van der Waals surface area contributed by atoms with Crippen LogP contribution in [0.3, 0.4) is 0 Å². The molecular formula is C13H15NO3. The second kappa shape index (κ2) is 3.95. The zero-order valence-corrected chi connectivity index (χ0v) is 9.81. The van der Waals surface area contributed by atoms with Gasteiger partial charge in [-0.05, 0) is 24.8 Å². The fourth-order valence-electron chi connectivity index (χ4n) is 2.69. The molecule has 4 heteroatoms. The maximum Gasteiger partial charge on any atom is 0.341 e. The minimum Gasteiger partial charge on any atom is -0.465 e. The lowest BCUT2D eigenvalue weighted by molar-refractivity contribution is 0.0599. The fourth-order valence-corrected chi connectivity index (χ4v) is 2.69. The number of hydrogen-bond acceptors (Lipinski definition) is 4. The Morgan fingerprint density at radius 3 is 2.82 bits per heavy atom. The highest BCUT2D eigenvalue weighted by atomic mass is 16.5. The van der Waals surface area contributed by atoms with Gasteiger partial charge < -0.3 is 14.1 Å². The maximum absolute atomic E-state index is 11.6. The number of ether oxygens (including phenoxy) is 1. The molecule has 4 rings (SSSR count). The first-order chi connectivity index (χ1) is 8.29. The molecule has 0 amide bonds. The normalized spacial score (nSPS) is 19.4. The van der Waals surface area contributed by atoms with Gasteiger partial charge in [-0.2, -0.15) is 0 Å². The predicted octanol–water partition coefficient (Wildman–Crippen LogP) is 2.13. The van der Waals surface area contributed by atoms with Gasteiger partial charge in [-0.3, -0.25) is 0 Å². The summed E-state index contributed by atoms with van der Waals surface area (Å²) >= 11 is 0. The van der Waals surface area contributed by atoms with Crippen LogP contribution in [0.25, 0.3) is 5.57 Å². The first-order valence-corrected chi connectivity index (χ1v) is 5.91. The van der Waals surface area contributed by atoms with Crippen molar-refractivity contribution in [3.05, 3.63) is 29.9 Å². The highest BCUT2D eigenvalue weighted by Crippen LogP contribution is 2.38. The SMILES string of the molecule is COC(=O)c1ccoc1C1=CN2CCC1CC2. The molecule has 0 aromatic carbocycles. The van der Waals surface area contributed by atoms with Gasteiger partial charge in [0, 0.05) is 24.9 Å². The molecule has 0 atom stereocenters. The van der Waals surface area contributed by atoms with E-state index >= 15 is 0 Å². The molecule has 1 fully saturated rings. The van der Waals surface area contributed by atoms with E-state index < -0.39 is 0 Å². The van der Waals surface area contributed by atoms with E-state index in [1.807, 2.05) is 0 Å². The van der Waals surface area contributed by atoms with E-state index in [4.69, 9.17) is 9.15 Å². The summed E-state index contributed by atoms with van der Waals surface area (Å²) in [5.41, 5.74) is 1.68. The van der Waals surface area contributed by atoms with Gasteiger partial charge in [0.25, 0.3) is 0 Å². The number of methoxy groups -OCH3 is 1. The van der Waals surface area contributed by atoms with Crippen molar-refractivity contribution in [1.29, 1.82) is 0 Å². The third-order valence-electron chi connectivity index (χ3n) is 3.62. The zero-order chi connectivity index (χ0) is 11.8. The van der Waals surface area contributed by atoms with Crippen LogP contribution in [0, 0.1) is 5.92 Å². The van der Waals surface area contributed by atoms with Gasteiger partial charge in [-0.15, -0.1) is 0 Å². The van der Waals surface area contributed by atoms with Crippen molar-refractivity contribution in [3.8, 4) is 0 Å². The highest BCUT2D eigenvalue weighted by Gasteiger charge is 2.31. The number of furan rings is 1. The second-order valence-electron chi connectivity index (χ2n) is 4.55. The van der Waals surface area contributed by atoms with Crippen molar-refractivity contribution in [2.75, 3.05) is 20.2 Å². The first-order valence-electron chi connectivity index (χ1n) is 5.91. The van der Waals surface area contributed by atoms with Crippen LogP contribution in [0.2, 0.25) is 0 Å². The lowest BCUT2D eigenvalue weighted by Gasteiger charge is -2.38. The van der Waals surface area contributed by atoms with E-state index in [0.717, 1.165) is 31.5 Å². The average Bonchev–Trinajstić information content (AvgIpc) is 2.88. The summed E-state index contributed by atoms with van der Waals surface area (Å²) in [5, 5.41) is 0. The van der Waals surface area contributed by atoms with E-state index in [-0.39, 0.29) is 5.97 Å². The Kier molecular flexibility index (Phi) is 2.42. The summed E-state index contributed by atoms with van der Waals surface area (Å²) in [7, 11) is 1.39. The fraction of sp³-hybridized carbons (Fsp3) is 0.462. The Morgan fingerprint density at radius 2 is 2.24 bits per heavy atom. The quantitative estimate of drug-likeness (QED) is 0.734. The van der Waals surface area contributed by atoms with E-state index in [1.54, 1.807) is 12.3 Å². The van der Waals surface area contributed by atoms with Gasteiger partial charge in [0.05, 0.1) is 13.4 Å². The van der Waals surface area contributed by atoms with Crippen molar-refractivity contribution < 1.29 is 13.9 Å². The molecule has 0 spiro atoms. The zero-order valence-electron chi connectivity index (χ0n) is 9.81. The molecule has 3 aliphatic heterocycles. The molecule has 90 valence electrons. The second-order valence-corrected chi connectivity index (χ2v) is 4.55. The van der Waals surface area contributed by atoms with Crippen LogP contribution in [0.1, 0.15) is 29.0 Å². The molecule has 1 aromatic rings. The number of carbonyl (C=O) groups excluding carboxylic acids is 1. The summed E-state index contributed by atoms with van der Waals surface area (Å²) in [4.78, 5) is 13.9. The largest absolute Gasteiger partial charge is 0.465 e. The van der Waals surface area contributed by atoms with Crippen molar-refractivity contribution in [1.82, 2.24) is 4.90 Å². The number of carbonyl (C=O) groups is 1. The first kappa shape index (κ1) is 10.4. The van der Waals surface area contributed by atoms with Gasteiger partial charge in [0.1, 0.15) is 11.3 Å². The van der Waals surface area contributed by atoms with Crippen molar-refractivity contribution in [2.24, 2.45) is 5.92 Å². The molecule has 0 N–H and O–H groups in total. The van der Waals surface area contributed by atoms with Crippen LogP contribution in [-0.4, -0.2) is 31.1 Å². The third-order valence-corrected chi connectivity index (χ3v) is 3.62. The summed E-state index contributed by atoms with van der Waals surface area (Å²) in [6.07, 6.45) is 5.98. The molecule has 1 aromatic heterocycles. The molecule has 17 heavy (non-hydrogen) atoms. The minimum atomic E-state index is -0.328. The number of nitrogens with zero attached hydrogens (tertiary/aromatic N) is 1. The number of fused-ring (bicyclic) bond motifs is 2. The predicted molar refractivity (Wildman–Crippen MR) is 62.3 cm³/mol. The van der Waals surface area contributed by atoms with Crippen LogP contribution in [-0.2, 0) is 4.74 Å². The molecule has 3 aliphatic rings. The molecule has 4 nitrogen and oxygen atoms in total. The minimum absolute atomic E-state index is 0.328. The smallest absolute Gasteiger partial charge is 0.341 e.